The summed E-state index contributed by atoms with van der Waals surface area (Å²) in [6.45, 7) is -2.15. The maximum absolute atomic E-state index is 12.3. The first kappa shape index (κ1) is 16.3. The summed E-state index contributed by atoms with van der Waals surface area (Å²) in [7, 11) is 0. The summed E-state index contributed by atoms with van der Waals surface area (Å²) < 4.78 is 36.9. The van der Waals surface area contributed by atoms with E-state index in [2.05, 4.69) is 0 Å². The average Bonchev–Trinajstić information content (AvgIpc) is 2.35. The summed E-state index contributed by atoms with van der Waals surface area (Å²) in [6, 6.07) is 6.79. The molecule has 20 heavy (non-hydrogen) atoms. The van der Waals surface area contributed by atoms with Crippen molar-refractivity contribution in [2.45, 2.75) is 19.0 Å². The van der Waals surface area contributed by atoms with Gasteiger partial charge < -0.3 is 15.7 Å². The number of nitrogens with two attached hydrogens (primary N) is 1. The molecule has 1 rings (SSSR count). The van der Waals surface area contributed by atoms with E-state index in [0.29, 0.717) is 17.0 Å². The molecule has 0 spiro atoms. The van der Waals surface area contributed by atoms with Crippen molar-refractivity contribution in [1.82, 2.24) is 4.90 Å². The van der Waals surface area contributed by atoms with Crippen LogP contribution in [0, 0.1) is 0 Å². The van der Waals surface area contributed by atoms with Crippen molar-refractivity contribution < 1.29 is 23.1 Å². The van der Waals surface area contributed by atoms with Gasteiger partial charge in [-0.15, -0.1) is 0 Å². The number of alkyl halides is 3. The standard InChI is InChI=1S/C13H17F3N2O2/c14-13(15,16)9-18(7-8-19)12(20)6-3-10-1-4-11(17)5-2-10/h1-2,4-5,19H,3,6-9,17H2. The smallest absolute Gasteiger partial charge is 0.399 e. The fourth-order valence-electron chi connectivity index (χ4n) is 1.72. The Bertz CT molecular complexity index is 432. The largest absolute Gasteiger partial charge is 0.406 e. The Hall–Kier alpha value is -1.76. The number of amides is 1. The Kier molecular flexibility index (Phi) is 5.82. The van der Waals surface area contributed by atoms with Crippen LogP contribution in [0.4, 0.5) is 18.9 Å². The molecule has 1 aromatic carbocycles. The Morgan fingerprint density at radius 1 is 1.25 bits per heavy atom. The number of halogens is 3. The second-order valence-corrected chi connectivity index (χ2v) is 4.40. The minimum Gasteiger partial charge on any atom is -0.399 e. The topological polar surface area (TPSA) is 66.6 Å². The Morgan fingerprint density at radius 3 is 2.35 bits per heavy atom. The number of aryl methyl sites for hydroxylation is 1. The third-order valence-corrected chi connectivity index (χ3v) is 2.70. The number of rotatable bonds is 6. The number of aliphatic hydroxyl groups excluding tert-OH is 1. The van der Waals surface area contributed by atoms with Crippen LogP contribution in [-0.2, 0) is 11.2 Å². The van der Waals surface area contributed by atoms with E-state index in [1.165, 1.54) is 0 Å². The average molecular weight is 290 g/mol. The quantitative estimate of drug-likeness (QED) is 0.782. The van der Waals surface area contributed by atoms with Gasteiger partial charge in [0.25, 0.3) is 0 Å². The molecule has 4 nitrogen and oxygen atoms in total. The highest BCUT2D eigenvalue weighted by Crippen LogP contribution is 2.17. The molecule has 0 saturated carbocycles. The van der Waals surface area contributed by atoms with Crippen molar-refractivity contribution >= 4 is 11.6 Å². The van der Waals surface area contributed by atoms with Gasteiger partial charge in [-0.3, -0.25) is 4.79 Å². The summed E-state index contributed by atoms with van der Waals surface area (Å²) in [5.41, 5.74) is 6.92. The molecular formula is C13H17F3N2O2. The van der Waals surface area contributed by atoms with Crippen molar-refractivity contribution in [3.8, 4) is 0 Å². The summed E-state index contributed by atoms with van der Waals surface area (Å²) in [5.74, 6) is -0.631. The first-order chi connectivity index (χ1) is 9.31. The van der Waals surface area contributed by atoms with Gasteiger partial charge in [0, 0.05) is 18.7 Å². The molecule has 1 amide bonds. The van der Waals surface area contributed by atoms with Gasteiger partial charge >= 0.3 is 6.18 Å². The van der Waals surface area contributed by atoms with E-state index in [1.807, 2.05) is 0 Å². The van der Waals surface area contributed by atoms with E-state index in [1.54, 1.807) is 24.3 Å². The van der Waals surface area contributed by atoms with Crippen LogP contribution < -0.4 is 5.73 Å². The van der Waals surface area contributed by atoms with E-state index in [0.717, 1.165) is 5.56 Å². The Labute approximate surface area is 115 Å². The highest BCUT2D eigenvalue weighted by Gasteiger charge is 2.32. The number of carbonyl (C=O) groups excluding carboxylic acids is 1. The molecule has 0 aromatic heterocycles. The molecule has 0 heterocycles. The van der Waals surface area contributed by atoms with E-state index < -0.39 is 25.2 Å². The summed E-state index contributed by atoms with van der Waals surface area (Å²) in [4.78, 5) is 12.4. The lowest BCUT2D eigenvalue weighted by Gasteiger charge is -2.23. The first-order valence-corrected chi connectivity index (χ1v) is 6.11. The molecule has 0 atom stereocenters. The molecule has 1 aromatic rings. The van der Waals surface area contributed by atoms with Crippen molar-refractivity contribution in [3.63, 3.8) is 0 Å². The molecular weight excluding hydrogens is 273 g/mol. The first-order valence-electron chi connectivity index (χ1n) is 6.11. The molecule has 0 aliphatic heterocycles. The lowest BCUT2D eigenvalue weighted by molar-refractivity contribution is -0.162. The van der Waals surface area contributed by atoms with Crippen molar-refractivity contribution in [2.75, 3.05) is 25.4 Å². The molecule has 0 unspecified atom stereocenters. The SMILES string of the molecule is Nc1ccc(CCC(=O)N(CCO)CC(F)(F)F)cc1. The van der Waals surface area contributed by atoms with Gasteiger partial charge in [-0.1, -0.05) is 12.1 Å². The highest BCUT2D eigenvalue weighted by atomic mass is 19.4. The van der Waals surface area contributed by atoms with Crippen LogP contribution >= 0.6 is 0 Å². The zero-order chi connectivity index (χ0) is 15.2. The van der Waals surface area contributed by atoms with E-state index >= 15 is 0 Å². The van der Waals surface area contributed by atoms with Gasteiger partial charge in [0.1, 0.15) is 6.54 Å². The molecule has 0 aliphatic carbocycles. The van der Waals surface area contributed by atoms with Crippen LogP contribution in [0.5, 0.6) is 0 Å². The van der Waals surface area contributed by atoms with Crippen LogP contribution in [-0.4, -0.2) is 41.8 Å². The van der Waals surface area contributed by atoms with Crippen molar-refractivity contribution in [1.29, 1.82) is 0 Å². The monoisotopic (exact) mass is 290 g/mol. The minimum atomic E-state index is -4.47. The lowest BCUT2D eigenvalue weighted by Crippen LogP contribution is -2.40. The van der Waals surface area contributed by atoms with Gasteiger partial charge in [-0.25, -0.2) is 0 Å². The van der Waals surface area contributed by atoms with E-state index in [4.69, 9.17) is 10.8 Å². The lowest BCUT2D eigenvalue weighted by atomic mass is 10.1. The fraction of sp³-hybridized carbons (Fsp3) is 0.462. The van der Waals surface area contributed by atoms with Crippen molar-refractivity contribution in [2.24, 2.45) is 0 Å². The van der Waals surface area contributed by atoms with Crippen LogP contribution in [0.25, 0.3) is 0 Å². The predicted molar refractivity (Wildman–Crippen MR) is 68.9 cm³/mol. The van der Waals surface area contributed by atoms with Gasteiger partial charge in [-0.05, 0) is 24.1 Å². The predicted octanol–water partition coefficient (Wildman–Crippen LogP) is 1.58. The van der Waals surface area contributed by atoms with Gasteiger partial charge in [0.15, 0.2) is 0 Å². The molecule has 3 N–H and O–H groups in total. The van der Waals surface area contributed by atoms with Crippen molar-refractivity contribution in [3.05, 3.63) is 29.8 Å². The highest BCUT2D eigenvalue weighted by molar-refractivity contribution is 5.76. The zero-order valence-corrected chi connectivity index (χ0v) is 10.9. The molecule has 0 fully saturated rings. The summed E-state index contributed by atoms with van der Waals surface area (Å²) >= 11 is 0. The molecule has 0 saturated heterocycles. The number of aliphatic hydroxyl groups is 1. The normalized spacial score (nSPS) is 11.4. The number of benzene rings is 1. The maximum atomic E-state index is 12.3. The second-order valence-electron chi connectivity index (χ2n) is 4.40. The van der Waals surface area contributed by atoms with E-state index in [-0.39, 0.29) is 13.0 Å². The molecule has 0 bridgehead atoms. The Balaban J connectivity index is 2.55. The third-order valence-electron chi connectivity index (χ3n) is 2.70. The van der Waals surface area contributed by atoms with Gasteiger partial charge in [0.05, 0.1) is 6.61 Å². The fourth-order valence-corrected chi connectivity index (χ4v) is 1.72. The number of hydrogen-bond acceptors (Lipinski definition) is 3. The van der Waals surface area contributed by atoms with Crippen LogP contribution in [0.1, 0.15) is 12.0 Å². The number of nitrogen functional groups attached to an aromatic ring is 1. The minimum absolute atomic E-state index is 0.0417. The third kappa shape index (κ3) is 5.92. The number of carbonyl (C=O) groups is 1. The summed E-state index contributed by atoms with van der Waals surface area (Å²) in [5, 5.41) is 8.72. The number of nitrogens with zero attached hydrogens (tertiary/aromatic N) is 1. The number of hydrogen-bond donors (Lipinski definition) is 2. The van der Waals surface area contributed by atoms with Crippen LogP contribution in [0.2, 0.25) is 0 Å². The molecule has 0 aliphatic rings. The second kappa shape index (κ2) is 7.14. The van der Waals surface area contributed by atoms with E-state index in [9.17, 15) is 18.0 Å². The number of anilines is 1. The van der Waals surface area contributed by atoms with Gasteiger partial charge in [-0.2, -0.15) is 13.2 Å². The van der Waals surface area contributed by atoms with Gasteiger partial charge in [0.2, 0.25) is 5.91 Å². The molecule has 0 radical (unpaired) electrons. The van der Waals surface area contributed by atoms with Crippen LogP contribution in [0.3, 0.4) is 0 Å². The summed E-state index contributed by atoms with van der Waals surface area (Å²) in [6.07, 6.45) is -4.18. The maximum Gasteiger partial charge on any atom is 0.406 e. The molecule has 7 heteroatoms. The zero-order valence-electron chi connectivity index (χ0n) is 10.9. The Morgan fingerprint density at radius 2 is 1.85 bits per heavy atom. The van der Waals surface area contributed by atoms with Crippen LogP contribution in [0.15, 0.2) is 24.3 Å². The molecule has 112 valence electrons.